The molecule has 4 nitrogen and oxygen atoms in total. The normalized spacial score (nSPS) is 25.0. The molecule has 0 spiro atoms. The predicted octanol–water partition coefficient (Wildman–Crippen LogP) is 2.10. The van der Waals surface area contributed by atoms with Crippen LogP contribution in [0.5, 0.6) is 5.88 Å². The van der Waals surface area contributed by atoms with Gasteiger partial charge in [-0.2, -0.15) is 0 Å². The van der Waals surface area contributed by atoms with Crippen LogP contribution < -0.4 is 4.74 Å². The summed E-state index contributed by atoms with van der Waals surface area (Å²) in [6.07, 6.45) is 4.81. The van der Waals surface area contributed by atoms with E-state index in [1.807, 2.05) is 18.2 Å². The van der Waals surface area contributed by atoms with E-state index in [0.717, 1.165) is 12.8 Å². The van der Waals surface area contributed by atoms with Gasteiger partial charge in [-0.15, -0.1) is 0 Å². The molecule has 0 aliphatic heterocycles. The zero-order valence-corrected chi connectivity index (χ0v) is 9.00. The minimum Gasteiger partial charge on any atom is -0.481 e. The smallest absolute Gasteiger partial charge is 0.306 e. The van der Waals surface area contributed by atoms with E-state index in [0.29, 0.717) is 18.7 Å². The molecule has 86 valence electrons. The van der Waals surface area contributed by atoms with Crippen LogP contribution in [0.1, 0.15) is 25.7 Å². The zero-order chi connectivity index (χ0) is 11.4. The van der Waals surface area contributed by atoms with Crippen molar-refractivity contribution >= 4 is 5.97 Å². The van der Waals surface area contributed by atoms with Gasteiger partial charge in [-0.25, -0.2) is 4.98 Å². The van der Waals surface area contributed by atoms with E-state index >= 15 is 0 Å². The lowest BCUT2D eigenvalue weighted by Crippen LogP contribution is -2.28. The van der Waals surface area contributed by atoms with Crippen molar-refractivity contribution in [1.29, 1.82) is 0 Å². The monoisotopic (exact) mass is 221 g/mol. The first-order valence-corrected chi connectivity index (χ1v) is 5.56. The van der Waals surface area contributed by atoms with Crippen molar-refractivity contribution in [3.05, 3.63) is 24.4 Å². The Hall–Kier alpha value is -1.58. The largest absolute Gasteiger partial charge is 0.481 e. The Labute approximate surface area is 94.3 Å². The highest BCUT2D eigenvalue weighted by molar-refractivity contribution is 5.70. The average Bonchev–Trinajstić information content (AvgIpc) is 2.31. The van der Waals surface area contributed by atoms with E-state index in [2.05, 4.69) is 4.98 Å². The topological polar surface area (TPSA) is 59.4 Å². The second kappa shape index (κ2) is 4.96. The number of rotatable bonds is 3. The Kier molecular flexibility index (Phi) is 3.39. The second-order valence-electron chi connectivity index (χ2n) is 4.10. The van der Waals surface area contributed by atoms with Crippen molar-refractivity contribution in [2.75, 3.05) is 0 Å². The molecule has 0 unspecified atom stereocenters. The fourth-order valence-electron chi connectivity index (χ4n) is 2.02. The maximum absolute atomic E-state index is 10.8. The van der Waals surface area contributed by atoms with Gasteiger partial charge in [0.2, 0.25) is 5.88 Å². The van der Waals surface area contributed by atoms with Crippen LogP contribution in [0, 0.1) is 5.92 Å². The molecule has 0 bridgehead atoms. The van der Waals surface area contributed by atoms with Crippen LogP contribution >= 0.6 is 0 Å². The molecule has 2 rings (SSSR count). The van der Waals surface area contributed by atoms with E-state index in [1.165, 1.54) is 0 Å². The SMILES string of the molecule is O=C(O)[C@H]1CC[C@H](Oc2ccccn2)CC1. The molecule has 1 fully saturated rings. The van der Waals surface area contributed by atoms with Crippen molar-refractivity contribution < 1.29 is 14.6 Å². The second-order valence-corrected chi connectivity index (χ2v) is 4.10. The summed E-state index contributed by atoms with van der Waals surface area (Å²) in [7, 11) is 0. The molecule has 1 N–H and O–H groups in total. The summed E-state index contributed by atoms with van der Waals surface area (Å²) in [5, 5.41) is 8.86. The van der Waals surface area contributed by atoms with Crippen molar-refractivity contribution in [1.82, 2.24) is 4.98 Å². The fourth-order valence-corrected chi connectivity index (χ4v) is 2.02. The van der Waals surface area contributed by atoms with Gasteiger partial charge in [0.25, 0.3) is 0 Å². The summed E-state index contributed by atoms with van der Waals surface area (Å²) in [5.74, 6) is -0.249. The molecule has 1 aliphatic carbocycles. The molecule has 0 aromatic carbocycles. The van der Waals surface area contributed by atoms with E-state index in [9.17, 15) is 4.79 Å². The van der Waals surface area contributed by atoms with E-state index in [1.54, 1.807) is 6.20 Å². The number of ether oxygens (including phenoxy) is 1. The molecule has 1 aliphatic rings. The minimum absolute atomic E-state index is 0.116. The summed E-state index contributed by atoms with van der Waals surface area (Å²) in [6.45, 7) is 0. The summed E-state index contributed by atoms with van der Waals surface area (Å²) in [4.78, 5) is 14.9. The Morgan fingerprint density at radius 2 is 2.06 bits per heavy atom. The predicted molar refractivity (Wildman–Crippen MR) is 58.2 cm³/mol. The maximum Gasteiger partial charge on any atom is 0.306 e. The molecular formula is C12H15NO3. The van der Waals surface area contributed by atoms with Crippen LogP contribution in [0.3, 0.4) is 0 Å². The third-order valence-corrected chi connectivity index (χ3v) is 2.95. The van der Waals surface area contributed by atoms with Crippen LogP contribution in [0.25, 0.3) is 0 Å². The Bertz CT molecular complexity index is 345. The van der Waals surface area contributed by atoms with Crippen molar-refractivity contribution in [3.8, 4) is 5.88 Å². The summed E-state index contributed by atoms with van der Waals surface area (Å²) in [6, 6.07) is 5.54. The molecule has 4 heteroatoms. The zero-order valence-electron chi connectivity index (χ0n) is 9.00. The fraction of sp³-hybridized carbons (Fsp3) is 0.500. The minimum atomic E-state index is -0.684. The lowest BCUT2D eigenvalue weighted by molar-refractivity contribution is -0.143. The quantitative estimate of drug-likeness (QED) is 0.849. The van der Waals surface area contributed by atoms with Gasteiger partial charge in [0.15, 0.2) is 0 Å². The molecule has 0 amide bonds. The molecular weight excluding hydrogens is 206 g/mol. The van der Waals surface area contributed by atoms with Crippen molar-refractivity contribution in [2.24, 2.45) is 5.92 Å². The van der Waals surface area contributed by atoms with Gasteiger partial charge in [-0.05, 0) is 31.7 Å². The number of nitrogens with zero attached hydrogens (tertiary/aromatic N) is 1. The van der Waals surface area contributed by atoms with Gasteiger partial charge in [-0.3, -0.25) is 4.79 Å². The maximum atomic E-state index is 10.8. The van der Waals surface area contributed by atoms with Crippen LogP contribution in [0.15, 0.2) is 24.4 Å². The van der Waals surface area contributed by atoms with Crippen molar-refractivity contribution in [2.45, 2.75) is 31.8 Å². The molecule has 16 heavy (non-hydrogen) atoms. The molecule has 0 radical (unpaired) electrons. The highest BCUT2D eigenvalue weighted by atomic mass is 16.5. The average molecular weight is 221 g/mol. The van der Waals surface area contributed by atoms with Crippen LogP contribution in [0.2, 0.25) is 0 Å². The number of hydrogen-bond donors (Lipinski definition) is 1. The van der Waals surface area contributed by atoms with Crippen LogP contribution in [-0.4, -0.2) is 22.2 Å². The highest BCUT2D eigenvalue weighted by Crippen LogP contribution is 2.26. The van der Waals surface area contributed by atoms with E-state index in [4.69, 9.17) is 9.84 Å². The Balaban J connectivity index is 1.84. The lowest BCUT2D eigenvalue weighted by Gasteiger charge is -2.26. The van der Waals surface area contributed by atoms with Crippen LogP contribution in [0.4, 0.5) is 0 Å². The third-order valence-electron chi connectivity index (χ3n) is 2.95. The first-order valence-electron chi connectivity index (χ1n) is 5.56. The molecule has 0 atom stereocenters. The Morgan fingerprint density at radius 1 is 1.31 bits per heavy atom. The van der Waals surface area contributed by atoms with E-state index in [-0.39, 0.29) is 12.0 Å². The summed E-state index contributed by atoms with van der Waals surface area (Å²) < 4.78 is 5.68. The number of carboxylic acids is 1. The number of pyridine rings is 1. The third kappa shape index (κ3) is 2.72. The number of aliphatic carboxylic acids is 1. The van der Waals surface area contributed by atoms with Gasteiger partial charge >= 0.3 is 5.97 Å². The van der Waals surface area contributed by atoms with Gasteiger partial charge in [0.05, 0.1) is 5.92 Å². The highest BCUT2D eigenvalue weighted by Gasteiger charge is 2.26. The first-order chi connectivity index (χ1) is 7.75. The Morgan fingerprint density at radius 3 is 2.62 bits per heavy atom. The van der Waals surface area contributed by atoms with E-state index < -0.39 is 5.97 Å². The number of hydrogen-bond acceptors (Lipinski definition) is 3. The van der Waals surface area contributed by atoms with Gasteiger partial charge in [-0.1, -0.05) is 6.07 Å². The lowest BCUT2D eigenvalue weighted by atomic mass is 9.87. The van der Waals surface area contributed by atoms with Gasteiger partial charge in [0.1, 0.15) is 6.10 Å². The van der Waals surface area contributed by atoms with Crippen LogP contribution in [-0.2, 0) is 4.79 Å². The molecule has 1 heterocycles. The standard InChI is InChI=1S/C12H15NO3/c14-12(15)9-4-6-10(7-5-9)16-11-3-1-2-8-13-11/h1-3,8-10H,4-7H2,(H,14,15)/t9-,10-. The summed E-state index contributed by atoms with van der Waals surface area (Å²) in [5.41, 5.74) is 0. The molecule has 0 saturated heterocycles. The summed E-state index contributed by atoms with van der Waals surface area (Å²) >= 11 is 0. The van der Waals surface area contributed by atoms with Crippen molar-refractivity contribution in [3.63, 3.8) is 0 Å². The first kappa shape index (κ1) is 10.9. The number of carbonyl (C=O) groups is 1. The molecule has 1 saturated carbocycles. The van der Waals surface area contributed by atoms with Gasteiger partial charge in [0, 0.05) is 12.3 Å². The van der Waals surface area contributed by atoms with Gasteiger partial charge < -0.3 is 9.84 Å². The number of carboxylic acid groups (broad SMARTS) is 1. The number of aromatic nitrogens is 1. The molecule has 1 aromatic heterocycles. The molecule has 1 aromatic rings.